The summed E-state index contributed by atoms with van der Waals surface area (Å²) < 4.78 is 32.0. The van der Waals surface area contributed by atoms with E-state index in [2.05, 4.69) is 4.90 Å². The summed E-state index contributed by atoms with van der Waals surface area (Å²) in [6, 6.07) is 0. The molecule has 0 radical (unpaired) electrons. The van der Waals surface area contributed by atoms with Gasteiger partial charge in [0.1, 0.15) is 0 Å². The Kier molecular flexibility index (Phi) is 4.66. The molecule has 0 bridgehead atoms. The number of halogens is 2. The number of likely N-dealkylation sites (tertiary alicyclic amines) is 1. The Labute approximate surface area is 150 Å². The Bertz CT molecular complexity index is 636. The van der Waals surface area contributed by atoms with Crippen LogP contribution in [0.1, 0.15) is 29.8 Å². The van der Waals surface area contributed by atoms with E-state index in [1.807, 2.05) is 0 Å². The number of thiazole rings is 1. The van der Waals surface area contributed by atoms with Gasteiger partial charge in [-0.2, -0.15) is 0 Å². The van der Waals surface area contributed by atoms with Gasteiger partial charge in [0.15, 0.2) is 5.13 Å². The van der Waals surface area contributed by atoms with Gasteiger partial charge in [-0.15, -0.1) is 11.3 Å². The fourth-order valence-corrected chi connectivity index (χ4v) is 4.93. The number of piperidine rings is 1. The van der Waals surface area contributed by atoms with Crippen LogP contribution in [0.25, 0.3) is 0 Å². The van der Waals surface area contributed by atoms with E-state index in [0.717, 1.165) is 50.0 Å². The number of aromatic nitrogens is 1. The predicted octanol–water partition coefficient (Wildman–Crippen LogP) is 2.34. The summed E-state index contributed by atoms with van der Waals surface area (Å²) in [5.41, 5.74) is 1.03. The number of carbonyl (C=O) groups excluding carboxylic acids is 1. The first-order chi connectivity index (χ1) is 12.0. The second kappa shape index (κ2) is 6.79. The molecule has 0 aromatic carbocycles. The minimum absolute atomic E-state index is 0.0297. The minimum atomic E-state index is -2.61. The normalized spacial score (nSPS) is 26.4. The van der Waals surface area contributed by atoms with Crippen LogP contribution < -0.4 is 4.90 Å². The Morgan fingerprint density at radius 1 is 1.20 bits per heavy atom. The highest BCUT2D eigenvalue weighted by atomic mass is 32.1. The maximum absolute atomic E-state index is 13.3. The average molecular weight is 371 g/mol. The van der Waals surface area contributed by atoms with Crippen molar-refractivity contribution < 1.29 is 18.3 Å². The first kappa shape index (κ1) is 17.1. The molecule has 1 aromatic rings. The molecular formula is C17H23F2N3O2S. The average Bonchev–Trinajstić information content (AvgIpc) is 3.05. The maximum atomic E-state index is 13.3. The molecule has 0 N–H and O–H groups in total. The maximum Gasteiger partial charge on any atom is 0.251 e. The SMILES string of the molecule is O=C(C1CCc2sc(N3CCOCC3)nc2C1)N1CCC(F)(F)CC1. The van der Waals surface area contributed by atoms with E-state index in [4.69, 9.17) is 9.72 Å². The standard InChI is InChI=1S/C17H23F2N3O2S/c18-17(19)3-5-21(6-4-17)15(23)12-1-2-14-13(11-12)20-16(25-14)22-7-9-24-10-8-22/h12H,1-11H2. The zero-order valence-electron chi connectivity index (χ0n) is 14.2. The van der Waals surface area contributed by atoms with Crippen LogP contribution in [-0.2, 0) is 22.4 Å². The summed E-state index contributed by atoms with van der Waals surface area (Å²) in [5.74, 6) is -2.70. The fraction of sp³-hybridized carbons (Fsp3) is 0.765. The van der Waals surface area contributed by atoms with Crippen molar-refractivity contribution in [2.75, 3.05) is 44.3 Å². The lowest BCUT2D eigenvalue weighted by molar-refractivity contribution is -0.141. The first-order valence-electron chi connectivity index (χ1n) is 9.00. The number of amides is 1. The van der Waals surface area contributed by atoms with Gasteiger partial charge in [0.05, 0.1) is 18.9 Å². The molecule has 3 aliphatic rings. The number of anilines is 1. The third-order valence-corrected chi connectivity index (χ3v) is 6.58. The molecular weight excluding hydrogens is 348 g/mol. The lowest BCUT2D eigenvalue weighted by Gasteiger charge is -2.34. The highest BCUT2D eigenvalue weighted by Gasteiger charge is 2.38. The van der Waals surface area contributed by atoms with Crippen LogP contribution in [0.5, 0.6) is 0 Å². The smallest absolute Gasteiger partial charge is 0.251 e. The Balaban J connectivity index is 1.40. The van der Waals surface area contributed by atoms with Crippen molar-refractivity contribution in [3.05, 3.63) is 10.6 Å². The van der Waals surface area contributed by atoms with Gasteiger partial charge >= 0.3 is 0 Å². The number of aryl methyl sites for hydroxylation is 1. The van der Waals surface area contributed by atoms with E-state index >= 15 is 0 Å². The third-order valence-electron chi connectivity index (χ3n) is 5.36. The van der Waals surface area contributed by atoms with Gasteiger partial charge in [-0.25, -0.2) is 13.8 Å². The molecule has 4 rings (SSSR count). The Morgan fingerprint density at radius 2 is 1.92 bits per heavy atom. The van der Waals surface area contributed by atoms with Gasteiger partial charge < -0.3 is 14.5 Å². The second-order valence-corrected chi connectivity index (χ2v) is 8.15. The van der Waals surface area contributed by atoms with Gasteiger partial charge in [-0.1, -0.05) is 0 Å². The molecule has 25 heavy (non-hydrogen) atoms. The summed E-state index contributed by atoms with van der Waals surface area (Å²) in [6.45, 7) is 3.51. The summed E-state index contributed by atoms with van der Waals surface area (Å²) >= 11 is 1.73. The van der Waals surface area contributed by atoms with Crippen molar-refractivity contribution in [2.45, 2.75) is 38.0 Å². The number of ether oxygens (including phenoxy) is 1. The van der Waals surface area contributed by atoms with Gasteiger partial charge in [0.25, 0.3) is 5.92 Å². The first-order valence-corrected chi connectivity index (χ1v) is 9.81. The van der Waals surface area contributed by atoms with Crippen LogP contribution in [0.2, 0.25) is 0 Å². The minimum Gasteiger partial charge on any atom is -0.378 e. The number of hydrogen-bond donors (Lipinski definition) is 0. The van der Waals surface area contributed by atoms with E-state index in [1.54, 1.807) is 16.2 Å². The van der Waals surface area contributed by atoms with E-state index in [-0.39, 0.29) is 37.8 Å². The molecule has 1 aliphatic carbocycles. The van der Waals surface area contributed by atoms with E-state index in [1.165, 1.54) is 4.88 Å². The third kappa shape index (κ3) is 3.65. The van der Waals surface area contributed by atoms with Crippen molar-refractivity contribution in [1.82, 2.24) is 9.88 Å². The fourth-order valence-electron chi connectivity index (χ4n) is 3.78. The van der Waals surface area contributed by atoms with Crippen molar-refractivity contribution in [3.63, 3.8) is 0 Å². The molecule has 0 spiro atoms. The summed E-state index contributed by atoms with van der Waals surface area (Å²) in [6.07, 6.45) is 1.87. The van der Waals surface area contributed by atoms with Crippen LogP contribution in [0.15, 0.2) is 0 Å². The van der Waals surface area contributed by atoms with Crippen molar-refractivity contribution in [2.24, 2.45) is 5.92 Å². The van der Waals surface area contributed by atoms with Crippen LogP contribution >= 0.6 is 11.3 Å². The van der Waals surface area contributed by atoms with Crippen LogP contribution in [0, 0.1) is 5.92 Å². The number of hydrogen-bond acceptors (Lipinski definition) is 5. The molecule has 0 saturated carbocycles. The van der Waals surface area contributed by atoms with E-state index in [9.17, 15) is 13.6 Å². The van der Waals surface area contributed by atoms with E-state index < -0.39 is 5.92 Å². The quantitative estimate of drug-likeness (QED) is 0.801. The summed E-state index contributed by atoms with van der Waals surface area (Å²) in [5, 5.41) is 1.03. The van der Waals surface area contributed by atoms with Crippen molar-refractivity contribution in [3.8, 4) is 0 Å². The summed E-state index contributed by atoms with van der Waals surface area (Å²) in [7, 11) is 0. The molecule has 1 aromatic heterocycles. The van der Waals surface area contributed by atoms with Crippen LogP contribution in [0.3, 0.4) is 0 Å². The zero-order chi connectivity index (χ0) is 17.4. The molecule has 2 aliphatic heterocycles. The summed E-state index contributed by atoms with van der Waals surface area (Å²) in [4.78, 5) is 22.6. The van der Waals surface area contributed by atoms with Gasteiger partial charge in [-0.05, 0) is 12.8 Å². The van der Waals surface area contributed by atoms with Gasteiger partial charge in [-0.3, -0.25) is 4.79 Å². The number of nitrogens with zero attached hydrogens (tertiary/aromatic N) is 3. The molecule has 1 unspecified atom stereocenters. The molecule has 1 atom stereocenters. The lowest BCUT2D eigenvalue weighted by Crippen LogP contribution is -2.46. The second-order valence-electron chi connectivity index (χ2n) is 7.09. The number of alkyl halides is 2. The van der Waals surface area contributed by atoms with Gasteiger partial charge in [0.2, 0.25) is 5.91 Å². The topological polar surface area (TPSA) is 45.7 Å². The van der Waals surface area contributed by atoms with Crippen molar-refractivity contribution in [1.29, 1.82) is 0 Å². The van der Waals surface area contributed by atoms with E-state index in [0.29, 0.717) is 6.42 Å². The Hall–Kier alpha value is -1.28. The molecule has 5 nitrogen and oxygen atoms in total. The molecule has 3 heterocycles. The number of morpholine rings is 1. The van der Waals surface area contributed by atoms with Crippen LogP contribution in [-0.4, -0.2) is 61.1 Å². The number of fused-ring (bicyclic) bond motifs is 1. The molecule has 2 fully saturated rings. The molecule has 2 saturated heterocycles. The molecule has 138 valence electrons. The highest BCUT2D eigenvalue weighted by Crippen LogP contribution is 2.36. The van der Waals surface area contributed by atoms with Crippen LogP contribution in [0.4, 0.5) is 13.9 Å². The predicted molar refractivity (Wildman–Crippen MR) is 91.4 cm³/mol. The largest absolute Gasteiger partial charge is 0.378 e. The number of carbonyl (C=O) groups is 1. The number of rotatable bonds is 2. The zero-order valence-corrected chi connectivity index (χ0v) is 15.0. The van der Waals surface area contributed by atoms with Gasteiger partial charge in [0, 0.05) is 56.2 Å². The Morgan fingerprint density at radius 3 is 2.64 bits per heavy atom. The molecule has 1 amide bonds. The highest BCUT2D eigenvalue weighted by molar-refractivity contribution is 7.15. The molecule has 8 heteroatoms. The van der Waals surface area contributed by atoms with Crippen molar-refractivity contribution >= 4 is 22.4 Å². The lowest BCUT2D eigenvalue weighted by atomic mass is 9.89. The monoisotopic (exact) mass is 371 g/mol.